The molecule has 0 fully saturated rings. The molecule has 0 unspecified atom stereocenters. The van der Waals surface area contributed by atoms with Gasteiger partial charge in [0.1, 0.15) is 57.1 Å². The number of nitrogens with zero attached hydrogens (tertiary/aromatic N) is 12. The van der Waals surface area contributed by atoms with E-state index in [1.807, 2.05) is 281 Å². The van der Waals surface area contributed by atoms with Crippen LogP contribution in [0.15, 0.2) is 344 Å². The van der Waals surface area contributed by atoms with Crippen LogP contribution in [-0.4, -0.2) is 84.0 Å². The monoisotopic (exact) mass is 1750 g/mol. The van der Waals surface area contributed by atoms with Gasteiger partial charge < -0.3 is 29.0 Å². The minimum absolute atomic E-state index is 0.142. The number of hydrogen-bond donors (Lipinski definition) is 0. The summed E-state index contributed by atoms with van der Waals surface area (Å²) in [7, 11) is 0. The van der Waals surface area contributed by atoms with Gasteiger partial charge in [0.2, 0.25) is 0 Å². The summed E-state index contributed by atoms with van der Waals surface area (Å²) < 4.78 is 7.67. The fraction of sp³-hybridized carbons (Fsp3) is 0.176. The highest BCUT2D eigenvalue weighted by Gasteiger charge is 2.19. The molecule has 0 saturated carbocycles. The molecule has 18 rings (SSSR count). The van der Waals surface area contributed by atoms with Gasteiger partial charge in [0.05, 0.1) is 65.4 Å². The van der Waals surface area contributed by atoms with Gasteiger partial charge in [0.25, 0.3) is 33.4 Å². The molecule has 6 heterocycles. The van der Waals surface area contributed by atoms with Crippen LogP contribution < -0.4 is 62.4 Å². The Balaban J connectivity index is 0.000000132. The quantitative estimate of drug-likeness (QED) is 0.0402. The van der Waals surface area contributed by atoms with E-state index in [4.69, 9.17) is 52.2 Å². The van der Waals surface area contributed by atoms with Crippen molar-refractivity contribution in [3.05, 3.63) is 422 Å². The van der Waals surface area contributed by atoms with Gasteiger partial charge >= 0.3 is 0 Å². The summed E-state index contributed by atoms with van der Waals surface area (Å²) in [5, 5.41) is 4.00. The van der Waals surface area contributed by atoms with Crippen molar-refractivity contribution in [2.75, 3.05) is 25.7 Å². The molecule has 24 nitrogen and oxygen atoms in total. The topological polar surface area (TPSA) is 265 Å². The Morgan fingerprint density at radius 1 is 0.258 bits per heavy atom. The number of fused-ring (bicyclic) bond motifs is 6. The molecule has 0 spiro atoms. The fourth-order valence-electron chi connectivity index (χ4n) is 13.3. The second-order valence-electron chi connectivity index (χ2n) is 29.2. The Morgan fingerprint density at radius 2 is 0.516 bits per heavy atom. The number of hydrogen-bond acceptors (Lipinski definition) is 18. The van der Waals surface area contributed by atoms with Crippen LogP contribution in [0.2, 0.25) is 5.02 Å². The first kappa shape index (κ1) is 90.6. The van der Waals surface area contributed by atoms with Crippen LogP contribution in [0.3, 0.4) is 0 Å². The lowest BCUT2D eigenvalue weighted by atomic mass is 10.2. The summed E-state index contributed by atoms with van der Waals surface area (Å²) in [6, 6.07) is 97.6. The van der Waals surface area contributed by atoms with Gasteiger partial charge in [0.15, 0.2) is 17.5 Å². The van der Waals surface area contributed by atoms with Gasteiger partial charge in [-0.25, -0.2) is 29.9 Å². The molecule has 12 aromatic carbocycles. The Morgan fingerprint density at radius 3 is 0.844 bits per heavy atom. The maximum Gasteiger partial charge on any atom is 0.294 e. The highest BCUT2D eigenvalue weighted by atomic mass is 35.5. The molecule has 26 heteroatoms. The molecule has 0 aliphatic carbocycles. The second-order valence-corrected chi connectivity index (χ2v) is 30.1. The zero-order valence-corrected chi connectivity index (χ0v) is 73.0. The van der Waals surface area contributed by atoms with E-state index in [0.717, 1.165) is 59.1 Å². The Bertz CT molecular complexity index is 7170. The predicted octanol–water partition coefficient (Wildman–Crippen LogP) is 17.7. The normalized spacial score (nSPS) is 10.8. The average molecular weight is 1750 g/mol. The summed E-state index contributed by atoms with van der Waals surface area (Å²) >= 11 is 11.5. The number of unbranched alkanes of at least 4 members (excludes halogenated alkanes) is 2. The van der Waals surface area contributed by atoms with Gasteiger partial charge in [-0.1, -0.05) is 274 Å². The maximum absolute atomic E-state index is 13.0. The first-order valence-corrected chi connectivity index (χ1v) is 42.8. The number of para-hydroxylation sites is 6. The van der Waals surface area contributed by atoms with Crippen LogP contribution in [0.4, 0.5) is 0 Å². The van der Waals surface area contributed by atoms with Crippen LogP contribution in [0, 0.1) is 27.7 Å². The van der Waals surface area contributed by atoms with Crippen LogP contribution in [0.25, 0.3) is 99.6 Å². The summed E-state index contributed by atoms with van der Waals surface area (Å²) in [5.41, 5.74) is 9.62. The Labute approximate surface area is 747 Å². The van der Waals surface area contributed by atoms with E-state index in [1.165, 1.54) is 33.9 Å². The highest BCUT2D eigenvalue weighted by Crippen LogP contribution is 2.23. The molecule has 648 valence electrons. The molecule has 0 radical (unpaired) electrons. The van der Waals surface area contributed by atoms with Gasteiger partial charge in [-0.2, -0.15) is 0 Å². The van der Waals surface area contributed by atoms with Gasteiger partial charge in [-0.15, -0.1) is 40.0 Å². The molecular formula is C102H94Cl2N12O12. The molecule has 0 aliphatic heterocycles. The van der Waals surface area contributed by atoms with Crippen molar-refractivity contribution in [2.24, 2.45) is 0 Å². The Kier molecular flexibility index (Phi) is 31.8. The number of benzene rings is 12. The van der Waals surface area contributed by atoms with Crippen molar-refractivity contribution < 1.29 is 29.0 Å². The smallest absolute Gasteiger partial charge is 0.294 e. The van der Waals surface area contributed by atoms with Crippen LogP contribution >= 0.6 is 23.2 Å². The van der Waals surface area contributed by atoms with Crippen molar-refractivity contribution >= 4 is 88.6 Å². The van der Waals surface area contributed by atoms with E-state index in [9.17, 15) is 28.8 Å². The lowest BCUT2D eigenvalue weighted by Crippen LogP contribution is -2.30. The minimum Gasteiger partial charge on any atom is -0.409 e. The molecule has 0 N–H and O–H groups in total. The summed E-state index contributed by atoms with van der Waals surface area (Å²) in [4.78, 5) is 136. The molecule has 128 heavy (non-hydrogen) atoms. The standard InChI is InChI=1S/C22H18N2O2.C19H20N2O2.C17H15ClN2O2.C16H13ClN2O2.C16H14N2O2.C12H14N2O2/c1-16-11-13-17(14-12-16)15-26-24-21(18-7-3-2-4-8-18)23-20-10-6-5-9-19(20)22(24)25;1-2-3-9-14-23-21-18(15-10-5-4-6-11-15)20-17-13-8-7-12-16(17)19(21)22;18-11-6-12-22-20-16(13-7-2-1-3-8-13)19-15-10-5-4-9-14(15)17(20)21;1-11-18-15-5-3-2-4-14(15)16(20)19(11)21-10-12-6-8-13(17)9-7-12;1-12-17-15-10-6-5-9-14(15)16(19)18(12)20-11-13-7-3-2-4-8-13;1-3-8-16-14-9(2)13-11-7-5-4-6-10(11)12(14)15/h2-14H,15H2,1H3;4-8,10-13H,2-3,9,14H2,1H3;1-5,7-10H,6,11-12H2;2-9H,10H2,1H3;2-10H,11H2,1H3;4-7H,3,8H2,1-2H3. The zero-order chi connectivity index (χ0) is 89.7. The molecule has 0 bridgehead atoms. The SMILES string of the molecule is CCCCCOn1c(-c2ccccc2)nc2ccccc2c1=O.CCCOn1c(C)nc2ccccc2c1=O.Cc1ccc(COn2c(-c3ccccc3)nc3ccccc3c2=O)cc1.Cc1nc2ccccc2c(=O)n1OCc1ccc(Cl)cc1.Cc1nc2ccccc2c(=O)n1OCc1ccccc1.O=c1c2ccccc2nc(-c2ccccc2)n1OCCCCl. The lowest BCUT2D eigenvalue weighted by molar-refractivity contribution is 0.0830. The van der Waals surface area contributed by atoms with Crippen molar-refractivity contribution in [1.29, 1.82) is 0 Å². The van der Waals surface area contributed by atoms with Crippen molar-refractivity contribution in [1.82, 2.24) is 58.3 Å². The van der Waals surface area contributed by atoms with Gasteiger partial charge in [0, 0.05) is 27.6 Å². The number of halogens is 2. The second kappa shape index (κ2) is 45.0. The predicted molar refractivity (Wildman–Crippen MR) is 506 cm³/mol. The third-order valence-corrected chi connectivity index (χ3v) is 20.4. The first-order valence-electron chi connectivity index (χ1n) is 41.8. The number of alkyl halides is 1. The summed E-state index contributed by atoms with van der Waals surface area (Å²) in [6.45, 7) is 13.7. The molecular weight excluding hydrogens is 1660 g/mol. The van der Waals surface area contributed by atoms with Crippen molar-refractivity contribution in [2.45, 2.75) is 93.5 Å². The van der Waals surface area contributed by atoms with E-state index in [0.29, 0.717) is 151 Å². The lowest BCUT2D eigenvalue weighted by Gasteiger charge is -2.14. The number of aromatic nitrogens is 12. The van der Waals surface area contributed by atoms with Gasteiger partial charge in [-0.3, -0.25) is 28.8 Å². The van der Waals surface area contributed by atoms with E-state index in [-0.39, 0.29) is 40.0 Å². The van der Waals surface area contributed by atoms with E-state index in [1.54, 1.807) is 69.3 Å². The highest BCUT2D eigenvalue weighted by molar-refractivity contribution is 6.30. The minimum atomic E-state index is -0.209. The molecule has 0 aliphatic rings. The molecule has 6 aromatic heterocycles. The van der Waals surface area contributed by atoms with Crippen LogP contribution in [0.5, 0.6) is 0 Å². The first-order chi connectivity index (χ1) is 62.5. The molecule has 18 aromatic rings. The summed E-state index contributed by atoms with van der Waals surface area (Å²) in [6.07, 6.45) is 4.63. The van der Waals surface area contributed by atoms with Crippen LogP contribution in [0.1, 0.15) is 85.7 Å². The maximum atomic E-state index is 13.0. The average Bonchev–Trinajstić information content (AvgIpc) is 0.777. The number of rotatable bonds is 24. The fourth-order valence-corrected chi connectivity index (χ4v) is 13.6. The zero-order valence-electron chi connectivity index (χ0n) is 71.5. The Hall–Kier alpha value is -15.1. The molecule has 0 atom stereocenters. The summed E-state index contributed by atoms with van der Waals surface area (Å²) in [5.74, 6) is 3.68. The van der Waals surface area contributed by atoms with E-state index < -0.39 is 0 Å². The number of aryl methyl sites for hydroxylation is 4. The van der Waals surface area contributed by atoms with Crippen molar-refractivity contribution in [3.8, 4) is 34.2 Å². The van der Waals surface area contributed by atoms with E-state index >= 15 is 0 Å². The van der Waals surface area contributed by atoms with Crippen LogP contribution in [-0.2, 0) is 19.8 Å². The van der Waals surface area contributed by atoms with Gasteiger partial charge in [-0.05, 0) is 149 Å². The van der Waals surface area contributed by atoms with E-state index in [2.05, 4.69) is 36.8 Å². The van der Waals surface area contributed by atoms with Crippen molar-refractivity contribution in [3.63, 3.8) is 0 Å². The largest absolute Gasteiger partial charge is 0.409 e. The third-order valence-electron chi connectivity index (χ3n) is 19.8. The molecule has 0 amide bonds. The third kappa shape index (κ3) is 23.1. The molecule has 0 saturated heterocycles.